The lowest BCUT2D eigenvalue weighted by Gasteiger charge is -2.59. The maximum Gasteiger partial charge on any atom is 0.334 e. The molecule has 3 aliphatic rings. The van der Waals surface area contributed by atoms with Gasteiger partial charge in [-0.3, -0.25) is 0 Å². The van der Waals surface area contributed by atoms with Crippen molar-refractivity contribution < 1.29 is 14.6 Å². The van der Waals surface area contributed by atoms with Gasteiger partial charge < -0.3 is 9.84 Å². The van der Waals surface area contributed by atoms with Crippen LogP contribution in [0.4, 0.5) is 0 Å². The fourth-order valence-electron chi connectivity index (χ4n) is 5.60. The van der Waals surface area contributed by atoms with Gasteiger partial charge in [0.1, 0.15) is 6.61 Å². The third-order valence-electron chi connectivity index (χ3n) is 7.06. The second-order valence-corrected chi connectivity index (χ2v) is 8.55. The third-order valence-corrected chi connectivity index (χ3v) is 7.06. The number of hydrogen-bond donors (Lipinski definition) is 1. The highest BCUT2D eigenvalue weighted by Crippen LogP contribution is 2.61. The van der Waals surface area contributed by atoms with Crippen molar-refractivity contribution in [2.75, 3.05) is 6.61 Å². The number of carbonyl (C=O) groups excluding carboxylic acids is 1. The van der Waals surface area contributed by atoms with Crippen LogP contribution in [0.25, 0.3) is 0 Å². The van der Waals surface area contributed by atoms with E-state index in [1.807, 2.05) is 6.08 Å². The maximum absolute atomic E-state index is 11.7. The number of cyclic esters (lactones) is 1. The summed E-state index contributed by atoms with van der Waals surface area (Å²) in [6.07, 6.45) is 7.56. The first-order valence-electron chi connectivity index (χ1n) is 8.98. The monoisotopic (exact) mass is 318 g/mol. The van der Waals surface area contributed by atoms with E-state index in [1.165, 1.54) is 5.57 Å². The first-order chi connectivity index (χ1) is 10.8. The van der Waals surface area contributed by atoms with Gasteiger partial charge in [0, 0.05) is 5.57 Å². The van der Waals surface area contributed by atoms with Gasteiger partial charge in [-0.25, -0.2) is 4.79 Å². The van der Waals surface area contributed by atoms with Crippen LogP contribution in [0.5, 0.6) is 0 Å². The molecule has 0 bridgehead atoms. The summed E-state index contributed by atoms with van der Waals surface area (Å²) in [7, 11) is 0. The Morgan fingerprint density at radius 3 is 2.74 bits per heavy atom. The van der Waals surface area contributed by atoms with Crippen LogP contribution in [0.15, 0.2) is 23.8 Å². The second-order valence-electron chi connectivity index (χ2n) is 8.55. The first-order valence-corrected chi connectivity index (χ1v) is 8.98. The van der Waals surface area contributed by atoms with E-state index in [9.17, 15) is 9.90 Å². The van der Waals surface area contributed by atoms with E-state index in [0.29, 0.717) is 18.4 Å². The van der Waals surface area contributed by atoms with Crippen molar-refractivity contribution in [2.45, 2.75) is 65.4 Å². The number of carbonyl (C=O) groups is 1. The van der Waals surface area contributed by atoms with E-state index in [0.717, 1.165) is 44.1 Å². The fourth-order valence-corrected chi connectivity index (χ4v) is 5.60. The SMILES string of the molecule is C=C1CC[C@@H]2C(C)(C)[C@H](O)CC[C@@]2(C)C1CCC1=CCOC1=O. The molecule has 3 rings (SSSR count). The van der Waals surface area contributed by atoms with Gasteiger partial charge in [0.2, 0.25) is 0 Å². The molecule has 23 heavy (non-hydrogen) atoms. The summed E-state index contributed by atoms with van der Waals surface area (Å²) in [6, 6.07) is 0. The minimum Gasteiger partial charge on any atom is -0.458 e. The van der Waals surface area contributed by atoms with Gasteiger partial charge in [0.15, 0.2) is 0 Å². The molecule has 1 heterocycles. The molecule has 1 aliphatic heterocycles. The minimum atomic E-state index is -0.208. The molecule has 1 unspecified atom stereocenters. The van der Waals surface area contributed by atoms with Gasteiger partial charge in [0.25, 0.3) is 0 Å². The van der Waals surface area contributed by atoms with Gasteiger partial charge in [-0.05, 0) is 67.3 Å². The normalized spacial score (nSPS) is 39.7. The highest BCUT2D eigenvalue weighted by Gasteiger charge is 2.55. The van der Waals surface area contributed by atoms with Crippen molar-refractivity contribution in [1.82, 2.24) is 0 Å². The van der Waals surface area contributed by atoms with E-state index in [-0.39, 0.29) is 22.9 Å². The first kappa shape index (κ1) is 16.8. The molecule has 0 spiro atoms. The summed E-state index contributed by atoms with van der Waals surface area (Å²) >= 11 is 0. The number of fused-ring (bicyclic) bond motifs is 1. The van der Waals surface area contributed by atoms with Crippen molar-refractivity contribution in [3.8, 4) is 0 Å². The standard InChI is InChI=1S/C20H30O3/c1-13-5-8-16-19(2,3)17(21)9-11-20(16,4)15(13)7-6-14-10-12-23-18(14)22/h10,15-17,21H,1,5-9,11-12H2,2-4H3/t15?,16-,17-,20+/m1/s1. The van der Waals surface area contributed by atoms with E-state index in [4.69, 9.17) is 4.74 Å². The number of hydrogen-bond acceptors (Lipinski definition) is 3. The average molecular weight is 318 g/mol. The molecule has 0 radical (unpaired) electrons. The van der Waals surface area contributed by atoms with Gasteiger partial charge in [-0.15, -0.1) is 0 Å². The number of aliphatic hydroxyl groups is 1. The van der Waals surface area contributed by atoms with Gasteiger partial charge in [-0.2, -0.15) is 0 Å². The Hall–Kier alpha value is -1.09. The van der Waals surface area contributed by atoms with Crippen LogP contribution in [-0.4, -0.2) is 23.8 Å². The summed E-state index contributed by atoms with van der Waals surface area (Å²) in [5.74, 6) is 0.800. The van der Waals surface area contributed by atoms with Crippen molar-refractivity contribution >= 4 is 5.97 Å². The quantitative estimate of drug-likeness (QED) is 0.631. The molecule has 2 saturated carbocycles. The van der Waals surface area contributed by atoms with Crippen LogP contribution in [0.2, 0.25) is 0 Å². The number of esters is 1. The molecular weight excluding hydrogens is 288 g/mol. The Labute approximate surface area is 139 Å². The molecule has 2 fully saturated rings. The number of ether oxygens (including phenoxy) is 1. The smallest absolute Gasteiger partial charge is 0.334 e. The molecule has 3 heteroatoms. The molecule has 4 atom stereocenters. The Morgan fingerprint density at radius 2 is 2.09 bits per heavy atom. The molecule has 2 aliphatic carbocycles. The van der Waals surface area contributed by atoms with E-state index in [1.54, 1.807) is 0 Å². The molecule has 0 saturated heterocycles. The maximum atomic E-state index is 11.7. The molecule has 3 nitrogen and oxygen atoms in total. The van der Waals surface area contributed by atoms with Crippen LogP contribution >= 0.6 is 0 Å². The van der Waals surface area contributed by atoms with E-state index >= 15 is 0 Å². The number of rotatable bonds is 3. The zero-order valence-corrected chi connectivity index (χ0v) is 14.7. The summed E-state index contributed by atoms with van der Waals surface area (Å²) in [5.41, 5.74) is 2.31. The number of aliphatic hydroxyl groups excluding tert-OH is 1. The molecule has 0 aromatic rings. The summed E-state index contributed by atoms with van der Waals surface area (Å²) in [4.78, 5) is 11.7. The van der Waals surface area contributed by atoms with Crippen LogP contribution in [0.1, 0.15) is 59.3 Å². The Balaban J connectivity index is 1.80. The highest BCUT2D eigenvalue weighted by atomic mass is 16.5. The zero-order chi connectivity index (χ0) is 16.8. The lowest BCUT2D eigenvalue weighted by atomic mass is 9.46. The largest absolute Gasteiger partial charge is 0.458 e. The minimum absolute atomic E-state index is 0.0441. The van der Waals surface area contributed by atoms with Crippen molar-refractivity contribution in [3.63, 3.8) is 0 Å². The lowest BCUT2D eigenvalue weighted by molar-refractivity contribution is -0.136. The predicted molar refractivity (Wildman–Crippen MR) is 90.8 cm³/mol. The molecule has 1 N–H and O–H groups in total. The van der Waals surface area contributed by atoms with Crippen LogP contribution in [-0.2, 0) is 9.53 Å². The molecule has 0 amide bonds. The van der Waals surface area contributed by atoms with E-state index in [2.05, 4.69) is 27.4 Å². The Morgan fingerprint density at radius 1 is 1.35 bits per heavy atom. The number of allylic oxidation sites excluding steroid dienone is 1. The Kier molecular flexibility index (Phi) is 4.20. The van der Waals surface area contributed by atoms with Crippen LogP contribution < -0.4 is 0 Å². The molecule has 0 aromatic carbocycles. The third kappa shape index (κ3) is 2.67. The van der Waals surface area contributed by atoms with Gasteiger partial charge >= 0.3 is 5.97 Å². The van der Waals surface area contributed by atoms with Crippen LogP contribution in [0, 0.1) is 22.7 Å². The van der Waals surface area contributed by atoms with E-state index < -0.39 is 0 Å². The topological polar surface area (TPSA) is 46.5 Å². The summed E-state index contributed by atoms with van der Waals surface area (Å²) < 4.78 is 5.02. The highest BCUT2D eigenvalue weighted by molar-refractivity contribution is 5.90. The van der Waals surface area contributed by atoms with Gasteiger partial charge in [-0.1, -0.05) is 32.9 Å². The Bertz CT molecular complexity index is 545. The average Bonchev–Trinajstić information content (AvgIpc) is 2.88. The zero-order valence-electron chi connectivity index (χ0n) is 14.7. The predicted octanol–water partition coefficient (Wildman–Crippen LogP) is 4.02. The molecule has 128 valence electrons. The van der Waals surface area contributed by atoms with Gasteiger partial charge in [0.05, 0.1) is 6.10 Å². The molecular formula is C20H30O3. The summed E-state index contributed by atoms with van der Waals surface area (Å²) in [5, 5.41) is 10.5. The lowest BCUT2D eigenvalue weighted by Crippen LogP contribution is -2.54. The van der Waals surface area contributed by atoms with Crippen LogP contribution in [0.3, 0.4) is 0 Å². The molecule has 0 aromatic heterocycles. The van der Waals surface area contributed by atoms with Crippen molar-refractivity contribution in [3.05, 3.63) is 23.8 Å². The second kappa shape index (κ2) is 5.77. The van der Waals surface area contributed by atoms with Crippen molar-refractivity contribution in [1.29, 1.82) is 0 Å². The summed E-state index contributed by atoms with van der Waals surface area (Å²) in [6.45, 7) is 11.6. The van der Waals surface area contributed by atoms with Crippen molar-refractivity contribution in [2.24, 2.45) is 22.7 Å². The fraction of sp³-hybridized carbons (Fsp3) is 0.750.